The van der Waals surface area contributed by atoms with Crippen LogP contribution in [-0.4, -0.2) is 23.4 Å². The summed E-state index contributed by atoms with van der Waals surface area (Å²) < 4.78 is 0. The minimum absolute atomic E-state index is 0.362. The molecule has 1 aromatic carbocycles. The van der Waals surface area contributed by atoms with Crippen LogP contribution in [0.1, 0.15) is 29.6 Å². The molecule has 1 aromatic rings. The van der Waals surface area contributed by atoms with Crippen LogP contribution in [0, 0.1) is 5.41 Å². The van der Waals surface area contributed by atoms with Gasteiger partial charge in [0.2, 0.25) is 0 Å². The summed E-state index contributed by atoms with van der Waals surface area (Å²) in [6.07, 6.45) is 3.93. The van der Waals surface area contributed by atoms with Crippen molar-refractivity contribution in [1.82, 2.24) is 0 Å². The Morgan fingerprint density at radius 3 is 2.88 bits per heavy atom. The van der Waals surface area contributed by atoms with Crippen molar-refractivity contribution in [3.8, 4) is 0 Å². The number of aromatic carboxylic acids is 1. The van der Waals surface area contributed by atoms with E-state index in [-0.39, 0.29) is 0 Å². The molecule has 3 rings (SSSR count). The van der Waals surface area contributed by atoms with Crippen molar-refractivity contribution in [2.75, 3.05) is 17.6 Å². The van der Waals surface area contributed by atoms with E-state index in [1.165, 1.54) is 24.2 Å². The fourth-order valence-corrected chi connectivity index (χ4v) is 3.79. The number of hydrogen-bond acceptors (Lipinski definition) is 3. The predicted molar refractivity (Wildman–Crippen MR) is 68.9 cm³/mol. The molecule has 0 bridgehead atoms. The largest absolute Gasteiger partial charge is 0.478 e. The molecule has 1 heterocycles. The lowest BCUT2D eigenvalue weighted by molar-refractivity contribution is 0.0697. The van der Waals surface area contributed by atoms with Gasteiger partial charge in [0.25, 0.3) is 0 Å². The van der Waals surface area contributed by atoms with Crippen molar-refractivity contribution in [3.05, 3.63) is 23.8 Å². The van der Waals surface area contributed by atoms with Gasteiger partial charge in [-0.05, 0) is 36.5 Å². The Balaban J connectivity index is 1.88. The Bertz CT molecular complexity index is 468. The minimum Gasteiger partial charge on any atom is -0.478 e. The monoisotopic (exact) mass is 249 g/mol. The summed E-state index contributed by atoms with van der Waals surface area (Å²) in [4.78, 5) is 12.1. The number of carbonyl (C=O) groups is 1. The number of nitrogens with one attached hydrogen (secondary N) is 1. The van der Waals surface area contributed by atoms with Gasteiger partial charge in [0.05, 0.1) is 5.56 Å². The quantitative estimate of drug-likeness (QED) is 0.803. The minimum atomic E-state index is -0.859. The van der Waals surface area contributed by atoms with E-state index in [4.69, 9.17) is 5.11 Å². The maximum Gasteiger partial charge on any atom is 0.335 e. The van der Waals surface area contributed by atoms with E-state index in [0.717, 1.165) is 18.0 Å². The van der Waals surface area contributed by atoms with E-state index in [1.807, 2.05) is 17.8 Å². The predicted octanol–water partition coefficient (Wildman–Crippen LogP) is 3.07. The van der Waals surface area contributed by atoms with Gasteiger partial charge >= 0.3 is 5.97 Å². The van der Waals surface area contributed by atoms with Crippen molar-refractivity contribution in [2.24, 2.45) is 5.41 Å². The first kappa shape index (κ1) is 11.0. The number of benzene rings is 1. The lowest BCUT2D eigenvalue weighted by Gasteiger charge is -2.40. The maximum absolute atomic E-state index is 10.9. The molecule has 0 amide bonds. The molecule has 17 heavy (non-hydrogen) atoms. The van der Waals surface area contributed by atoms with Crippen molar-refractivity contribution in [3.63, 3.8) is 0 Å². The molecule has 3 nitrogen and oxygen atoms in total. The molecular weight excluding hydrogens is 234 g/mol. The molecule has 1 aliphatic carbocycles. The first-order valence-corrected chi connectivity index (χ1v) is 6.91. The Morgan fingerprint density at radius 1 is 1.41 bits per heavy atom. The van der Waals surface area contributed by atoms with Gasteiger partial charge in [0.15, 0.2) is 0 Å². The fraction of sp³-hybridized carbons (Fsp3) is 0.462. The summed E-state index contributed by atoms with van der Waals surface area (Å²) in [7, 11) is 0. The second-order valence-electron chi connectivity index (χ2n) is 5.01. The van der Waals surface area contributed by atoms with Crippen LogP contribution in [0.3, 0.4) is 0 Å². The van der Waals surface area contributed by atoms with Gasteiger partial charge in [-0.3, -0.25) is 0 Å². The summed E-state index contributed by atoms with van der Waals surface area (Å²) >= 11 is 1.86. The molecule has 1 spiro atoms. The van der Waals surface area contributed by atoms with Crippen molar-refractivity contribution < 1.29 is 9.90 Å². The molecule has 1 aliphatic heterocycles. The van der Waals surface area contributed by atoms with Gasteiger partial charge < -0.3 is 10.4 Å². The van der Waals surface area contributed by atoms with Gasteiger partial charge in [-0.25, -0.2) is 4.79 Å². The molecule has 0 saturated heterocycles. The zero-order valence-corrected chi connectivity index (χ0v) is 10.3. The van der Waals surface area contributed by atoms with Crippen molar-refractivity contribution in [1.29, 1.82) is 0 Å². The molecule has 2 aliphatic rings. The molecule has 0 atom stereocenters. The van der Waals surface area contributed by atoms with Crippen LogP contribution in [0.25, 0.3) is 0 Å². The van der Waals surface area contributed by atoms with Crippen LogP contribution in [0.2, 0.25) is 0 Å². The van der Waals surface area contributed by atoms with Gasteiger partial charge in [0.1, 0.15) is 0 Å². The third-order valence-corrected chi connectivity index (χ3v) is 5.25. The first-order chi connectivity index (χ1) is 8.19. The Morgan fingerprint density at radius 2 is 2.24 bits per heavy atom. The van der Waals surface area contributed by atoms with Crippen LogP contribution in [0.4, 0.5) is 5.69 Å². The highest BCUT2D eigenvalue weighted by molar-refractivity contribution is 7.99. The molecule has 0 unspecified atom stereocenters. The van der Waals surface area contributed by atoms with E-state index in [1.54, 1.807) is 12.1 Å². The van der Waals surface area contributed by atoms with E-state index in [2.05, 4.69) is 5.32 Å². The van der Waals surface area contributed by atoms with Gasteiger partial charge in [0, 0.05) is 22.9 Å². The highest BCUT2D eigenvalue weighted by Gasteiger charge is 2.38. The summed E-state index contributed by atoms with van der Waals surface area (Å²) in [6, 6.07) is 5.37. The number of carboxylic acids is 1. The summed E-state index contributed by atoms with van der Waals surface area (Å²) in [5.74, 6) is 0.293. The average molecular weight is 249 g/mol. The van der Waals surface area contributed by atoms with Gasteiger partial charge in [-0.1, -0.05) is 6.42 Å². The zero-order valence-electron chi connectivity index (χ0n) is 9.53. The summed E-state index contributed by atoms with van der Waals surface area (Å²) in [5.41, 5.74) is 1.80. The zero-order chi connectivity index (χ0) is 11.9. The molecular formula is C13H15NO2S. The molecule has 0 radical (unpaired) electrons. The molecule has 0 aromatic heterocycles. The van der Waals surface area contributed by atoms with E-state index in [0.29, 0.717) is 11.0 Å². The second-order valence-corrected chi connectivity index (χ2v) is 6.03. The summed E-state index contributed by atoms with van der Waals surface area (Å²) in [5, 5.41) is 12.4. The topological polar surface area (TPSA) is 49.3 Å². The number of rotatable bonds is 1. The van der Waals surface area contributed by atoms with E-state index < -0.39 is 5.97 Å². The lowest BCUT2D eigenvalue weighted by Crippen LogP contribution is -2.37. The second kappa shape index (κ2) is 3.95. The SMILES string of the molecule is O=C(O)c1ccc2c(c1)NCC1(CCC1)CS2. The van der Waals surface area contributed by atoms with Gasteiger partial charge in [-0.2, -0.15) is 0 Å². The Labute approximate surface area is 105 Å². The normalized spacial score (nSPS) is 20.9. The van der Waals surface area contributed by atoms with E-state index >= 15 is 0 Å². The van der Waals surface area contributed by atoms with Gasteiger partial charge in [-0.15, -0.1) is 11.8 Å². The van der Waals surface area contributed by atoms with Crippen LogP contribution < -0.4 is 5.32 Å². The fourth-order valence-electron chi connectivity index (χ4n) is 2.49. The van der Waals surface area contributed by atoms with E-state index in [9.17, 15) is 4.79 Å². The molecule has 1 fully saturated rings. The third kappa shape index (κ3) is 1.90. The molecule has 1 saturated carbocycles. The number of thioether (sulfide) groups is 1. The highest BCUT2D eigenvalue weighted by Crippen LogP contribution is 2.48. The molecule has 90 valence electrons. The smallest absolute Gasteiger partial charge is 0.335 e. The number of anilines is 1. The number of fused-ring (bicyclic) bond motifs is 1. The highest BCUT2D eigenvalue weighted by atomic mass is 32.2. The average Bonchev–Trinajstić information content (AvgIpc) is 2.46. The Hall–Kier alpha value is -1.16. The maximum atomic E-state index is 10.9. The standard InChI is InChI=1S/C13H15NO2S/c15-12(16)9-2-3-11-10(6-9)14-7-13(8-17-11)4-1-5-13/h2-3,6,14H,1,4-5,7-8H2,(H,15,16). The number of hydrogen-bond donors (Lipinski definition) is 2. The van der Waals surface area contributed by atoms with Crippen LogP contribution >= 0.6 is 11.8 Å². The Kier molecular flexibility index (Phi) is 2.54. The van der Waals surface area contributed by atoms with Crippen LogP contribution in [-0.2, 0) is 0 Å². The molecule has 4 heteroatoms. The lowest BCUT2D eigenvalue weighted by atomic mass is 9.70. The van der Waals surface area contributed by atoms with Crippen LogP contribution in [0.5, 0.6) is 0 Å². The summed E-state index contributed by atoms with van der Waals surface area (Å²) in [6.45, 7) is 0.982. The number of carboxylic acid groups (broad SMARTS) is 1. The third-order valence-electron chi connectivity index (χ3n) is 3.83. The first-order valence-electron chi connectivity index (χ1n) is 5.93. The molecule has 2 N–H and O–H groups in total. The van der Waals surface area contributed by atoms with Crippen molar-refractivity contribution in [2.45, 2.75) is 24.2 Å². The van der Waals surface area contributed by atoms with Crippen LogP contribution in [0.15, 0.2) is 23.1 Å². The van der Waals surface area contributed by atoms with Crippen molar-refractivity contribution >= 4 is 23.4 Å².